The molecule has 0 bridgehead atoms. The van der Waals surface area contributed by atoms with Crippen LogP contribution in [-0.2, 0) is 4.79 Å². The number of benzene rings is 1. The van der Waals surface area contributed by atoms with Crippen LogP contribution in [-0.4, -0.2) is 58.3 Å². The third kappa shape index (κ3) is 3.63. The van der Waals surface area contributed by atoms with Crippen LogP contribution < -0.4 is 5.32 Å². The third-order valence-corrected chi connectivity index (χ3v) is 3.66. The third-order valence-electron chi connectivity index (χ3n) is 3.66. The molecule has 118 valence electrons. The lowest BCUT2D eigenvalue weighted by Crippen LogP contribution is -2.48. The molecule has 0 spiro atoms. The number of nitrogens with zero attached hydrogens (tertiary/aromatic N) is 4. The van der Waals surface area contributed by atoms with Crippen molar-refractivity contribution >= 4 is 24.0 Å². The van der Waals surface area contributed by atoms with Gasteiger partial charge in [0, 0.05) is 38.1 Å². The van der Waals surface area contributed by atoms with E-state index in [0.29, 0.717) is 37.8 Å². The molecule has 0 atom stereocenters. The van der Waals surface area contributed by atoms with Crippen molar-refractivity contribution in [3.05, 3.63) is 48.3 Å². The van der Waals surface area contributed by atoms with E-state index in [1.807, 2.05) is 30.3 Å². The molecule has 1 aromatic heterocycles. The summed E-state index contributed by atoms with van der Waals surface area (Å²) < 4.78 is 0. The van der Waals surface area contributed by atoms with Gasteiger partial charge < -0.3 is 15.1 Å². The van der Waals surface area contributed by atoms with Gasteiger partial charge in [-0.25, -0.2) is 9.97 Å². The van der Waals surface area contributed by atoms with Crippen molar-refractivity contribution in [2.75, 3.05) is 31.5 Å². The number of carbonyl (C=O) groups is 2. The summed E-state index contributed by atoms with van der Waals surface area (Å²) in [5.41, 5.74) is 1.20. The molecule has 1 aliphatic rings. The van der Waals surface area contributed by atoms with E-state index in [9.17, 15) is 9.59 Å². The van der Waals surface area contributed by atoms with Crippen molar-refractivity contribution in [2.45, 2.75) is 0 Å². The highest BCUT2D eigenvalue weighted by Gasteiger charge is 2.22. The molecule has 7 nitrogen and oxygen atoms in total. The van der Waals surface area contributed by atoms with Gasteiger partial charge >= 0.3 is 0 Å². The first-order valence-electron chi connectivity index (χ1n) is 7.40. The molecule has 1 aromatic carbocycles. The Balaban J connectivity index is 1.69. The van der Waals surface area contributed by atoms with Crippen LogP contribution in [0.1, 0.15) is 10.5 Å². The smallest absolute Gasteiger partial charge is 0.272 e. The maximum absolute atomic E-state index is 12.5. The summed E-state index contributed by atoms with van der Waals surface area (Å²) in [5, 5.41) is 3.07. The molecular weight excluding hydrogens is 294 g/mol. The van der Waals surface area contributed by atoms with Crippen molar-refractivity contribution in [3.63, 3.8) is 0 Å². The van der Waals surface area contributed by atoms with E-state index in [4.69, 9.17) is 0 Å². The van der Waals surface area contributed by atoms with E-state index in [0.717, 1.165) is 12.1 Å². The minimum Gasteiger partial charge on any atom is -0.342 e. The van der Waals surface area contributed by atoms with E-state index in [1.54, 1.807) is 22.1 Å². The number of amides is 2. The van der Waals surface area contributed by atoms with Crippen LogP contribution >= 0.6 is 0 Å². The monoisotopic (exact) mass is 311 g/mol. The first-order valence-corrected chi connectivity index (χ1v) is 7.40. The van der Waals surface area contributed by atoms with Gasteiger partial charge in [0.15, 0.2) is 0 Å². The van der Waals surface area contributed by atoms with E-state index in [1.165, 1.54) is 0 Å². The maximum Gasteiger partial charge on any atom is 0.272 e. The lowest BCUT2D eigenvalue weighted by molar-refractivity contribution is -0.119. The number of rotatable bonds is 4. The van der Waals surface area contributed by atoms with Crippen molar-refractivity contribution < 1.29 is 9.59 Å². The van der Waals surface area contributed by atoms with Gasteiger partial charge in [0.2, 0.25) is 12.4 Å². The van der Waals surface area contributed by atoms with Gasteiger partial charge in [-0.1, -0.05) is 18.2 Å². The van der Waals surface area contributed by atoms with Gasteiger partial charge in [0.1, 0.15) is 5.69 Å². The summed E-state index contributed by atoms with van der Waals surface area (Å²) in [4.78, 5) is 35.0. The van der Waals surface area contributed by atoms with Gasteiger partial charge in [0.25, 0.3) is 5.91 Å². The molecule has 7 heteroatoms. The molecule has 0 aliphatic carbocycles. The predicted molar refractivity (Wildman–Crippen MR) is 85.3 cm³/mol. The molecule has 2 amide bonds. The Hall–Kier alpha value is -2.96. The van der Waals surface area contributed by atoms with Crippen LogP contribution in [0.3, 0.4) is 0 Å². The Morgan fingerprint density at radius 1 is 1.09 bits per heavy atom. The standard InChI is InChI=1S/C16H17N5O2/c22-12-20-8-10-21(11-9-20)15(23)14-6-7-17-16(19-14)18-13-4-2-1-3-5-13/h1-7,12H,8-11H2,(H,17,18,19). The average Bonchev–Trinajstić information content (AvgIpc) is 2.62. The second-order valence-electron chi connectivity index (χ2n) is 5.19. The first kappa shape index (κ1) is 15.0. The Morgan fingerprint density at radius 3 is 2.52 bits per heavy atom. The van der Waals surface area contributed by atoms with E-state index in [2.05, 4.69) is 15.3 Å². The largest absolute Gasteiger partial charge is 0.342 e. The van der Waals surface area contributed by atoms with Gasteiger partial charge in [-0.2, -0.15) is 0 Å². The number of carbonyl (C=O) groups excluding carboxylic acids is 2. The quantitative estimate of drug-likeness (QED) is 0.857. The van der Waals surface area contributed by atoms with Crippen LogP contribution in [0.25, 0.3) is 0 Å². The SMILES string of the molecule is O=CN1CCN(C(=O)c2ccnc(Nc3ccccc3)n2)CC1. The number of hydrogen-bond acceptors (Lipinski definition) is 5. The average molecular weight is 311 g/mol. The Morgan fingerprint density at radius 2 is 1.83 bits per heavy atom. The predicted octanol–water partition coefficient (Wildman–Crippen LogP) is 1.13. The Bertz CT molecular complexity index is 684. The molecule has 1 N–H and O–H groups in total. The number of anilines is 2. The van der Waals surface area contributed by atoms with E-state index in [-0.39, 0.29) is 5.91 Å². The van der Waals surface area contributed by atoms with Crippen LogP contribution in [0.5, 0.6) is 0 Å². The number of para-hydroxylation sites is 1. The molecule has 2 heterocycles. The summed E-state index contributed by atoms with van der Waals surface area (Å²) in [6, 6.07) is 11.1. The second kappa shape index (κ2) is 6.87. The van der Waals surface area contributed by atoms with Crippen molar-refractivity contribution in [1.82, 2.24) is 19.8 Å². The van der Waals surface area contributed by atoms with Crippen molar-refractivity contribution in [3.8, 4) is 0 Å². The molecular formula is C16H17N5O2. The van der Waals surface area contributed by atoms with E-state index >= 15 is 0 Å². The molecule has 0 unspecified atom stereocenters. The van der Waals surface area contributed by atoms with Crippen molar-refractivity contribution in [2.24, 2.45) is 0 Å². The number of piperazine rings is 1. The van der Waals surface area contributed by atoms with Crippen LogP contribution in [0.2, 0.25) is 0 Å². The number of aromatic nitrogens is 2. The minimum atomic E-state index is -0.144. The summed E-state index contributed by atoms with van der Waals surface area (Å²) in [6.45, 7) is 2.14. The zero-order valence-corrected chi connectivity index (χ0v) is 12.6. The van der Waals surface area contributed by atoms with Crippen molar-refractivity contribution in [1.29, 1.82) is 0 Å². The highest BCUT2D eigenvalue weighted by Crippen LogP contribution is 2.13. The normalized spacial score (nSPS) is 14.4. The highest BCUT2D eigenvalue weighted by atomic mass is 16.2. The Labute approximate surface area is 134 Å². The highest BCUT2D eigenvalue weighted by molar-refractivity contribution is 5.92. The van der Waals surface area contributed by atoms with Gasteiger partial charge in [-0.15, -0.1) is 0 Å². The fourth-order valence-corrected chi connectivity index (χ4v) is 2.38. The first-order chi connectivity index (χ1) is 11.3. The lowest BCUT2D eigenvalue weighted by atomic mass is 10.3. The second-order valence-corrected chi connectivity index (χ2v) is 5.19. The van der Waals surface area contributed by atoms with Gasteiger partial charge in [-0.3, -0.25) is 9.59 Å². The van der Waals surface area contributed by atoms with E-state index < -0.39 is 0 Å². The molecule has 2 aromatic rings. The summed E-state index contributed by atoms with van der Waals surface area (Å²) in [5.74, 6) is 0.239. The topological polar surface area (TPSA) is 78.4 Å². The molecule has 0 radical (unpaired) electrons. The minimum absolute atomic E-state index is 0.144. The van der Waals surface area contributed by atoms with Crippen LogP contribution in [0, 0.1) is 0 Å². The van der Waals surface area contributed by atoms with Gasteiger partial charge in [-0.05, 0) is 18.2 Å². The summed E-state index contributed by atoms with van der Waals surface area (Å²) in [7, 11) is 0. The van der Waals surface area contributed by atoms with Crippen LogP contribution in [0.15, 0.2) is 42.6 Å². The lowest BCUT2D eigenvalue weighted by Gasteiger charge is -2.32. The number of hydrogen-bond donors (Lipinski definition) is 1. The maximum atomic E-state index is 12.5. The zero-order valence-electron chi connectivity index (χ0n) is 12.6. The number of nitrogens with one attached hydrogen (secondary N) is 1. The molecule has 1 aliphatic heterocycles. The zero-order chi connectivity index (χ0) is 16.1. The molecule has 23 heavy (non-hydrogen) atoms. The molecule has 1 fully saturated rings. The van der Waals surface area contributed by atoms with Crippen LogP contribution in [0.4, 0.5) is 11.6 Å². The Kier molecular flexibility index (Phi) is 4.46. The molecule has 1 saturated heterocycles. The fourth-order valence-electron chi connectivity index (χ4n) is 2.38. The molecule has 0 saturated carbocycles. The van der Waals surface area contributed by atoms with Gasteiger partial charge in [0.05, 0.1) is 0 Å². The summed E-state index contributed by atoms with van der Waals surface area (Å²) >= 11 is 0. The molecule has 3 rings (SSSR count). The fraction of sp³-hybridized carbons (Fsp3) is 0.250. The summed E-state index contributed by atoms with van der Waals surface area (Å²) in [6.07, 6.45) is 2.38.